The Morgan fingerprint density at radius 1 is 1.30 bits per heavy atom. The van der Waals surface area contributed by atoms with Crippen molar-refractivity contribution in [1.29, 1.82) is 0 Å². The van der Waals surface area contributed by atoms with Crippen LogP contribution in [0.4, 0.5) is 11.8 Å². The zero-order chi connectivity index (χ0) is 14.5. The Morgan fingerprint density at radius 2 is 2.10 bits per heavy atom. The minimum Gasteiger partial charge on any atom is -0.370 e. The number of hydrazine groups is 1. The molecule has 0 bridgehead atoms. The van der Waals surface area contributed by atoms with Crippen molar-refractivity contribution in [2.75, 3.05) is 17.3 Å². The summed E-state index contributed by atoms with van der Waals surface area (Å²) < 4.78 is 2.02. The van der Waals surface area contributed by atoms with Gasteiger partial charge in [-0.15, -0.1) is 0 Å². The summed E-state index contributed by atoms with van der Waals surface area (Å²) in [5.74, 6) is 6.52. The van der Waals surface area contributed by atoms with E-state index in [0.29, 0.717) is 5.95 Å². The van der Waals surface area contributed by atoms with Crippen molar-refractivity contribution >= 4 is 11.8 Å². The van der Waals surface area contributed by atoms with Crippen molar-refractivity contribution in [2.45, 2.75) is 33.7 Å². The molecule has 7 nitrogen and oxygen atoms in total. The van der Waals surface area contributed by atoms with Gasteiger partial charge in [-0.3, -0.25) is 10.1 Å². The van der Waals surface area contributed by atoms with Crippen LogP contribution in [0.15, 0.2) is 12.3 Å². The number of hydrogen-bond donors (Lipinski definition) is 3. The number of nitrogens with zero attached hydrogens (tertiary/aromatic N) is 4. The standard InChI is InChI=1S/C13H21N7/c1-9-8-16-13(18-14)17-12(9)15-5-4-6-20-11(3)7-10(2)19-20/h7-8H,4-6,14H2,1-3H3,(H2,15,16,17,18). The minimum absolute atomic E-state index is 0.414. The third kappa shape index (κ3) is 3.45. The van der Waals surface area contributed by atoms with E-state index in [-0.39, 0.29) is 0 Å². The van der Waals surface area contributed by atoms with Gasteiger partial charge < -0.3 is 5.32 Å². The lowest BCUT2D eigenvalue weighted by molar-refractivity contribution is 0.573. The van der Waals surface area contributed by atoms with E-state index in [4.69, 9.17) is 5.84 Å². The van der Waals surface area contributed by atoms with Crippen LogP contribution in [0.3, 0.4) is 0 Å². The smallest absolute Gasteiger partial charge is 0.239 e. The van der Waals surface area contributed by atoms with Gasteiger partial charge in [-0.2, -0.15) is 10.1 Å². The lowest BCUT2D eigenvalue weighted by atomic mass is 10.3. The van der Waals surface area contributed by atoms with E-state index in [1.165, 1.54) is 5.69 Å². The number of rotatable bonds is 6. The zero-order valence-corrected chi connectivity index (χ0v) is 12.1. The van der Waals surface area contributed by atoms with Crippen LogP contribution in [0.25, 0.3) is 0 Å². The van der Waals surface area contributed by atoms with Gasteiger partial charge >= 0.3 is 0 Å². The summed E-state index contributed by atoms with van der Waals surface area (Å²) in [6.45, 7) is 7.75. The largest absolute Gasteiger partial charge is 0.370 e. The Balaban J connectivity index is 1.85. The average Bonchev–Trinajstić information content (AvgIpc) is 2.75. The molecule has 0 unspecified atom stereocenters. The van der Waals surface area contributed by atoms with Crippen molar-refractivity contribution in [2.24, 2.45) is 5.84 Å². The molecular formula is C13H21N7. The molecular weight excluding hydrogens is 254 g/mol. The highest BCUT2D eigenvalue weighted by molar-refractivity contribution is 5.45. The van der Waals surface area contributed by atoms with E-state index in [0.717, 1.165) is 36.6 Å². The van der Waals surface area contributed by atoms with Crippen LogP contribution < -0.4 is 16.6 Å². The van der Waals surface area contributed by atoms with E-state index in [2.05, 4.69) is 38.8 Å². The first kappa shape index (κ1) is 14.3. The maximum absolute atomic E-state index is 5.30. The highest BCUT2D eigenvalue weighted by Gasteiger charge is 2.03. The van der Waals surface area contributed by atoms with Gasteiger partial charge in [0.05, 0.1) is 5.69 Å². The molecule has 2 aromatic rings. The number of nitrogens with two attached hydrogens (primary N) is 1. The Bertz CT molecular complexity index is 576. The van der Waals surface area contributed by atoms with E-state index in [1.807, 2.05) is 18.5 Å². The number of aryl methyl sites for hydroxylation is 4. The van der Waals surface area contributed by atoms with E-state index < -0.39 is 0 Å². The fourth-order valence-electron chi connectivity index (χ4n) is 2.03. The van der Waals surface area contributed by atoms with E-state index >= 15 is 0 Å². The third-order valence-electron chi connectivity index (χ3n) is 3.04. The maximum Gasteiger partial charge on any atom is 0.239 e. The zero-order valence-electron chi connectivity index (χ0n) is 12.1. The number of nitrogens with one attached hydrogen (secondary N) is 2. The van der Waals surface area contributed by atoms with Crippen LogP contribution in [0.1, 0.15) is 23.4 Å². The molecule has 0 fully saturated rings. The van der Waals surface area contributed by atoms with Gasteiger partial charge in [0.25, 0.3) is 0 Å². The molecule has 0 amide bonds. The van der Waals surface area contributed by atoms with Crippen molar-refractivity contribution in [3.05, 3.63) is 29.2 Å². The highest BCUT2D eigenvalue weighted by atomic mass is 15.3. The van der Waals surface area contributed by atoms with Gasteiger partial charge in [-0.05, 0) is 33.3 Å². The summed E-state index contributed by atoms with van der Waals surface area (Å²) >= 11 is 0. The molecule has 0 aliphatic rings. The molecule has 0 aliphatic carbocycles. The lowest BCUT2D eigenvalue weighted by Crippen LogP contribution is -2.14. The molecule has 2 heterocycles. The fraction of sp³-hybridized carbons (Fsp3) is 0.462. The maximum atomic E-state index is 5.30. The first-order chi connectivity index (χ1) is 9.60. The van der Waals surface area contributed by atoms with Crippen LogP contribution in [0.5, 0.6) is 0 Å². The second-order valence-corrected chi connectivity index (χ2v) is 4.80. The van der Waals surface area contributed by atoms with Crippen LogP contribution in [-0.4, -0.2) is 26.3 Å². The number of anilines is 2. The molecule has 108 valence electrons. The van der Waals surface area contributed by atoms with Crippen LogP contribution >= 0.6 is 0 Å². The van der Waals surface area contributed by atoms with Gasteiger partial charge in [0.2, 0.25) is 5.95 Å². The fourth-order valence-corrected chi connectivity index (χ4v) is 2.03. The molecule has 0 atom stereocenters. The number of aromatic nitrogens is 4. The first-order valence-electron chi connectivity index (χ1n) is 6.65. The summed E-state index contributed by atoms with van der Waals surface area (Å²) in [4.78, 5) is 8.32. The van der Waals surface area contributed by atoms with Gasteiger partial charge in [-0.1, -0.05) is 0 Å². The SMILES string of the molecule is Cc1cc(C)n(CCCNc2nc(NN)ncc2C)n1. The predicted molar refractivity (Wildman–Crippen MR) is 79.4 cm³/mol. The molecule has 0 aromatic carbocycles. The summed E-state index contributed by atoms with van der Waals surface area (Å²) in [7, 11) is 0. The lowest BCUT2D eigenvalue weighted by Gasteiger charge is -2.10. The normalized spacial score (nSPS) is 10.6. The monoisotopic (exact) mass is 275 g/mol. The molecule has 0 saturated carbocycles. The summed E-state index contributed by atoms with van der Waals surface area (Å²) in [6, 6.07) is 2.08. The van der Waals surface area contributed by atoms with Crippen LogP contribution in [0, 0.1) is 20.8 Å². The Hall–Kier alpha value is -2.15. The molecule has 2 rings (SSSR count). The van der Waals surface area contributed by atoms with Crippen LogP contribution in [-0.2, 0) is 6.54 Å². The predicted octanol–water partition coefficient (Wildman–Crippen LogP) is 1.39. The van der Waals surface area contributed by atoms with Crippen molar-refractivity contribution < 1.29 is 0 Å². The number of hydrogen-bond acceptors (Lipinski definition) is 6. The Kier molecular flexibility index (Phi) is 4.52. The minimum atomic E-state index is 0.414. The second kappa shape index (κ2) is 6.33. The molecule has 2 aromatic heterocycles. The molecule has 7 heteroatoms. The Morgan fingerprint density at radius 3 is 2.75 bits per heavy atom. The quantitative estimate of drug-likeness (QED) is 0.419. The topological polar surface area (TPSA) is 93.7 Å². The van der Waals surface area contributed by atoms with E-state index in [1.54, 1.807) is 6.20 Å². The van der Waals surface area contributed by atoms with Crippen molar-refractivity contribution in [1.82, 2.24) is 19.7 Å². The Labute approximate surface area is 118 Å². The van der Waals surface area contributed by atoms with Crippen molar-refractivity contribution in [3.8, 4) is 0 Å². The summed E-state index contributed by atoms with van der Waals surface area (Å²) in [5, 5.41) is 7.73. The van der Waals surface area contributed by atoms with Gasteiger partial charge in [-0.25, -0.2) is 10.8 Å². The molecule has 20 heavy (non-hydrogen) atoms. The highest BCUT2D eigenvalue weighted by Crippen LogP contribution is 2.12. The van der Waals surface area contributed by atoms with Gasteiger partial charge in [0.1, 0.15) is 5.82 Å². The van der Waals surface area contributed by atoms with Gasteiger partial charge in [0.15, 0.2) is 0 Å². The number of nitrogen functional groups attached to an aromatic ring is 1. The molecule has 0 aliphatic heterocycles. The third-order valence-corrected chi connectivity index (χ3v) is 3.04. The molecule has 0 saturated heterocycles. The average molecular weight is 275 g/mol. The second-order valence-electron chi connectivity index (χ2n) is 4.80. The molecule has 0 radical (unpaired) electrons. The van der Waals surface area contributed by atoms with E-state index in [9.17, 15) is 0 Å². The summed E-state index contributed by atoms with van der Waals surface area (Å²) in [6.07, 6.45) is 2.71. The van der Waals surface area contributed by atoms with Gasteiger partial charge in [0, 0.05) is 30.5 Å². The summed E-state index contributed by atoms with van der Waals surface area (Å²) in [5.41, 5.74) is 5.69. The molecule has 4 N–H and O–H groups in total. The first-order valence-corrected chi connectivity index (χ1v) is 6.65. The van der Waals surface area contributed by atoms with Crippen LogP contribution in [0.2, 0.25) is 0 Å². The molecule has 0 spiro atoms. The van der Waals surface area contributed by atoms with Crippen molar-refractivity contribution in [3.63, 3.8) is 0 Å².